The highest BCUT2D eigenvalue weighted by Gasteiger charge is 2.29. The van der Waals surface area contributed by atoms with Crippen LogP contribution in [0.3, 0.4) is 0 Å². The number of nitrogens with zero attached hydrogens (tertiary/aromatic N) is 4. The number of hydrogen-bond donors (Lipinski definition) is 2. The molecule has 8 nitrogen and oxygen atoms in total. The van der Waals surface area contributed by atoms with E-state index in [2.05, 4.69) is 10.2 Å². The summed E-state index contributed by atoms with van der Waals surface area (Å²) in [6.07, 6.45) is -0.575. The summed E-state index contributed by atoms with van der Waals surface area (Å²) in [7, 11) is 0. The predicted octanol–water partition coefficient (Wildman–Crippen LogP) is 1.73. The third-order valence-corrected chi connectivity index (χ3v) is 2.62. The molecule has 0 rings (SSSR count). The van der Waals surface area contributed by atoms with E-state index < -0.39 is 23.0 Å². The molecule has 108 valence electrons. The van der Waals surface area contributed by atoms with Gasteiger partial charge < -0.3 is 10.2 Å². The Bertz CT molecular complexity index is 447. The van der Waals surface area contributed by atoms with E-state index in [1.165, 1.54) is 13.8 Å². The van der Waals surface area contributed by atoms with E-state index in [1.54, 1.807) is 0 Å². The Hall–Kier alpha value is -2.48. The molecule has 0 aliphatic heterocycles. The molecule has 2 atom stereocenters. The average molecular weight is 280 g/mol. The Morgan fingerprint density at radius 2 is 1.25 bits per heavy atom. The molecular weight excluding hydrogens is 264 g/mol. The van der Waals surface area contributed by atoms with Crippen molar-refractivity contribution in [3.8, 4) is 12.1 Å². The van der Waals surface area contributed by atoms with E-state index in [4.69, 9.17) is 20.7 Å². The molecule has 0 aliphatic rings. The topological polar surface area (TPSA) is 147 Å². The third kappa shape index (κ3) is 6.45. The fourth-order valence-electron chi connectivity index (χ4n) is 1.18. The molecule has 8 heteroatoms. The summed E-state index contributed by atoms with van der Waals surface area (Å²) in [4.78, 5) is 21.0. The van der Waals surface area contributed by atoms with Crippen LogP contribution in [0.15, 0.2) is 10.2 Å². The first-order valence-electron chi connectivity index (χ1n) is 5.86. The Kier molecular flexibility index (Phi) is 6.30. The highest BCUT2D eigenvalue weighted by atomic mass is 16.4. The van der Waals surface area contributed by atoms with E-state index in [0.29, 0.717) is 0 Å². The van der Waals surface area contributed by atoms with Crippen molar-refractivity contribution in [1.29, 1.82) is 10.5 Å². The number of azo groups is 1. The summed E-state index contributed by atoms with van der Waals surface area (Å²) in [5.41, 5.74) is -2.69. The summed E-state index contributed by atoms with van der Waals surface area (Å²) in [6, 6.07) is 3.69. The second-order valence-electron chi connectivity index (χ2n) is 4.76. The molecule has 0 heterocycles. The lowest BCUT2D eigenvalue weighted by Gasteiger charge is -2.18. The molecule has 0 aromatic rings. The molecule has 0 spiro atoms. The molecule has 2 N–H and O–H groups in total. The maximum Gasteiger partial charge on any atom is 0.303 e. The number of hydrogen-bond acceptors (Lipinski definition) is 6. The zero-order valence-electron chi connectivity index (χ0n) is 11.3. The zero-order chi connectivity index (χ0) is 15.8. The van der Waals surface area contributed by atoms with Gasteiger partial charge in [-0.2, -0.15) is 20.8 Å². The molecular formula is C12H16N4O4. The first-order chi connectivity index (χ1) is 9.16. The van der Waals surface area contributed by atoms with Gasteiger partial charge in [0.2, 0.25) is 0 Å². The van der Waals surface area contributed by atoms with Gasteiger partial charge in [0.15, 0.2) is 11.1 Å². The second-order valence-corrected chi connectivity index (χ2v) is 4.76. The van der Waals surface area contributed by atoms with Crippen molar-refractivity contribution < 1.29 is 19.8 Å². The quantitative estimate of drug-likeness (QED) is 0.647. The van der Waals surface area contributed by atoms with Crippen LogP contribution in [0.25, 0.3) is 0 Å². The van der Waals surface area contributed by atoms with Gasteiger partial charge in [-0.05, 0) is 26.7 Å². The van der Waals surface area contributed by atoms with Crippen LogP contribution in [0.2, 0.25) is 0 Å². The molecule has 0 saturated carbocycles. The molecule has 0 aromatic carbocycles. The summed E-state index contributed by atoms with van der Waals surface area (Å²) in [6.45, 7) is 2.82. The summed E-state index contributed by atoms with van der Waals surface area (Å²) in [5, 5.41) is 42.7. The number of nitriles is 2. The number of carboxylic acids is 2. The fraction of sp³-hybridized carbons (Fsp3) is 0.667. The Labute approximate surface area is 116 Å². The minimum atomic E-state index is -1.35. The lowest BCUT2D eigenvalue weighted by Crippen LogP contribution is -2.25. The fourth-order valence-corrected chi connectivity index (χ4v) is 1.18. The minimum absolute atomic E-state index is 0.0389. The van der Waals surface area contributed by atoms with Gasteiger partial charge in [0.1, 0.15) is 0 Å². The molecule has 0 bridgehead atoms. The summed E-state index contributed by atoms with van der Waals surface area (Å²) >= 11 is 0. The second kappa shape index (κ2) is 7.19. The van der Waals surface area contributed by atoms with Gasteiger partial charge in [-0.3, -0.25) is 9.59 Å². The van der Waals surface area contributed by atoms with Crippen molar-refractivity contribution in [1.82, 2.24) is 0 Å². The van der Waals surface area contributed by atoms with Crippen molar-refractivity contribution in [2.24, 2.45) is 10.2 Å². The maximum atomic E-state index is 10.5. The van der Waals surface area contributed by atoms with E-state index in [1.807, 2.05) is 12.1 Å². The van der Waals surface area contributed by atoms with Gasteiger partial charge in [-0.25, -0.2) is 0 Å². The minimum Gasteiger partial charge on any atom is -0.481 e. The standard InChI is InChI=1S/C12H16N4O4/c1-11(7-13,5-3-9(17)18)15-16-12(2,8-14)6-4-10(19)20/h3-6H2,1-2H3,(H,17,18)(H,19,20)/t11-,12-/m1/s1. The Balaban J connectivity index is 4.92. The first-order valence-corrected chi connectivity index (χ1v) is 5.86. The van der Waals surface area contributed by atoms with Crippen molar-refractivity contribution in [2.45, 2.75) is 50.6 Å². The normalized spacial score (nSPS) is 16.6. The van der Waals surface area contributed by atoms with Crippen LogP contribution < -0.4 is 0 Å². The average Bonchev–Trinajstić information content (AvgIpc) is 2.41. The van der Waals surface area contributed by atoms with Gasteiger partial charge in [0.25, 0.3) is 0 Å². The Morgan fingerprint density at radius 3 is 1.45 bits per heavy atom. The number of carbonyl (C=O) groups is 2. The Morgan fingerprint density at radius 1 is 0.950 bits per heavy atom. The molecule has 0 fully saturated rings. The SMILES string of the molecule is C[C@](C#N)(CCC(=O)O)N=N[C@@](C)(C#N)CCC(=O)O. The largest absolute Gasteiger partial charge is 0.481 e. The van der Waals surface area contributed by atoms with Crippen molar-refractivity contribution >= 4 is 11.9 Å². The lowest BCUT2D eigenvalue weighted by atomic mass is 9.97. The van der Waals surface area contributed by atoms with Crippen molar-refractivity contribution in [3.63, 3.8) is 0 Å². The highest BCUT2D eigenvalue weighted by molar-refractivity contribution is 5.67. The predicted molar refractivity (Wildman–Crippen MR) is 66.6 cm³/mol. The molecule has 20 heavy (non-hydrogen) atoms. The molecule has 0 unspecified atom stereocenters. The molecule has 0 radical (unpaired) electrons. The van der Waals surface area contributed by atoms with Crippen LogP contribution in [-0.2, 0) is 9.59 Å². The zero-order valence-corrected chi connectivity index (χ0v) is 11.3. The smallest absolute Gasteiger partial charge is 0.303 e. The van der Waals surface area contributed by atoms with E-state index >= 15 is 0 Å². The van der Waals surface area contributed by atoms with Crippen LogP contribution in [0.5, 0.6) is 0 Å². The van der Waals surface area contributed by atoms with Crippen molar-refractivity contribution in [3.05, 3.63) is 0 Å². The van der Waals surface area contributed by atoms with Gasteiger partial charge >= 0.3 is 11.9 Å². The number of aliphatic carboxylic acids is 2. The van der Waals surface area contributed by atoms with Crippen LogP contribution in [0, 0.1) is 22.7 Å². The van der Waals surface area contributed by atoms with E-state index in [9.17, 15) is 9.59 Å². The third-order valence-electron chi connectivity index (χ3n) is 2.62. The van der Waals surface area contributed by atoms with Crippen LogP contribution >= 0.6 is 0 Å². The lowest BCUT2D eigenvalue weighted by molar-refractivity contribution is -0.138. The molecule has 0 aliphatic carbocycles. The van der Waals surface area contributed by atoms with Gasteiger partial charge in [-0.15, -0.1) is 0 Å². The van der Waals surface area contributed by atoms with Gasteiger partial charge in [-0.1, -0.05) is 0 Å². The summed E-state index contributed by atoms with van der Waals surface area (Å²) < 4.78 is 0. The number of carboxylic acid groups (broad SMARTS) is 2. The van der Waals surface area contributed by atoms with Gasteiger partial charge in [0, 0.05) is 12.8 Å². The summed E-state index contributed by atoms with van der Waals surface area (Å²) in [5.74, 6) is -2.12. The van der Waals surface area contributed by atoms with Crippen LogP contribution in [-0.4, -0.2) is 33.2 Å². The maximum absolute atomic E-state index is 10.5. The van der Waals surface area contributed by atoms with E-state index in [-0.39, 0.29) is 25.7 Å². The van der Waals surface area contributed by atoms with Crippen LogP contribution in [0.1, 0.15) is 39.5 Å². The molecule has 0 saturated heterocycles. The first kappa shape index (κ1) is 17.5. The monoisotopic (exact) mass is 280 g/mol. The van der Waals surface area contributed by atoms with Crippen LogP contribution in [0.4, 0.5) is 0 Å². The van der Waals surface area contributed by atoms with Gasteiger partial charge in [0.05, 0.1) is 12.1 Å². The highest BCUT2D eigenvalue weighted by Crippen LogP contribution is 2.23. The molecule has 0 aromatic heterocycles. The van der Waals surface area contributed by atoms with E-state index in [0.717, 1.165) is 0 Å². The number of rotatable bonds is 8. The van der Waals surface area contributed by atoms with Crippen molar-refractivity contribution in [2.75, 3.05) is 0 Å². The molecule has 0 amide bonds.